The Balaban J connectivity index is 2.07. The van der Waals surface area contributed by atoms with Crippen LogP contribution in [0.4, 0.5) is 0 Å². The molecule has 0 aliphatic heterocycles. The Kier molecular flexibility index (Phi) is 5.16. The van der Waals surface area contributed by atoms with Crippen molar-refractivity contribution < 1.29 is 19.2 Å². The standard InChI is InChI=1S/C17H20N2O4/c1-3-17(4-2,16(21)22)11-18-15(20)14-10-13(19-23-14)12-8-6-5-7-9-12/h5-10H,3-4,11H2,1-2H3,(H,18,20)(H,21,22). The van der Waals surface area contributed by atoms with E-state index in [2.05, 4.69) is 10.5 Å². The summed E-state index contributed by atoms with van der Waals surface area (Å²) in [6.45, 7) is 3.65. The first-order valence-corrected chi connectivity index (χ1v) is 7.56. The van der Waals surface area contributed by atoms with E-state index in [-0.39, 0.29) is 12.3 Å². The molecule has 0 bridgehead atoms. The van der Waals surface area contributed by atoms with Crippen LogP contribution in [0.1, 0.15) is 37.2 Å². The number of carboxylic acids is 1. The van der Waals surface area contributed by atoms with Gasteiger partial charge in [0.15, 0.2) is 0 Å². The van der Waals surface area contributed by atoms with E-state index in [1.54, 1.807) is 19.9 Å². The molecule has 1 aromatic carbocycles. The predicted molar refractivity (Wildman–Crippen MR) is 84.9 cm³/mol. The van der Waals surface area contributed by atoms with Crippen LogP contribution in [0.2, 0.25) is 0 Å². The van der Waals surface area contributed by atoms with E-state index in [0.717, 1.165) is 5.56 Å². The Labute approximate surface area is 134 Å². The molecule has 0 saturated carbocycles. The van der Waals surface area contributed by atoms with E-state index in [9.17, 15) is 14.7 Å². The van der Waals surface area contributed by atoms with Crippen molar-refractivity contribution >= 4 is 11.9 Å². The van der Waals surface area contributed by atoms with Gasteiger partial charge in [0.2, 0.25) is 5.76 Å². The first kappa shape index (κ1) is 16.7. The monoisotopic (exact) mass is 316 g/mol. The average molecular weight is 316 g/mol. The summed E-state index contributed by atoms with van der Waals surface area (Å²) in [5, 5.41) is 15.9. The first-order chi connectivity index (χ1) is 11.0. The van der Waals surface area contributed by atoms with E-state index in [0.29, 0.717) is 18.5 Å². The van der Waals surface area contributed by atoms with Crippen molar-refractivity contribution in [2.75, 3.05) is 6.54 Å². The number of aliphatic carboxylic acids is 1. The zero-order valence-corrected chi connectivity index (χ0v) is 13.2. The molecule has 0 atom stereocenters. The predicted octanol–water partition coefficient (Wildman–Crippen LogP) is 2.96. The summed E-state index contributed by atoms with van der Waals surface area (Å²) in [6.07, 6.45) is 0.871. The van der Waals surface area contributed by atoms with Gasteiger partial charge in [-0.05, 0) is 12.8 Å². The van der Waals surface area contributed by atoms with Crippen molar-refractivity contribution in [2.45, 2.75) is 26.7 Å². The summed E-state index contributed by atoms with van der Waals surface area (Å²) in [5.41, 5.74) is 0.446. The molecular formula is C17H20N2O4. The van der Waals surface area contributed by atoms with Crippen molar-refractivity contribution in [1.29, 1.82) is 0 Å². The fraction of sp³-hybridized carbons (Fsp3) is 0.353. The Morgan fingerprint density at radius 1 is 1.22 bits per heavy atom. The number of hydrogen-bond acceptors (Lipinski definition) is 4. The number of hydrogen-bond donors (Lipinski definition) is 2. The zero-order chi connectivity index (χ0) is 16.9. The van der Waals surface area contributed by atoms with Gasteiger partial charge in [0, 0.05) is 18.2 Å². The molecule has 1 amide bonds. The Bertz CT molecular complexity index is 675. The molecule has 1 heterocycles. The van der Waals surface area contributed by atoms with Crippen LogP contribution in [0.15, 0.2) is 40.9 Å². The highest BCUT2D eigenvalue weighted by Crippen LogP contribution is 2.26. The molecule has 122 valence electrons. The number of benzene rings is 1. The summed E-state index contributed by atoms with van der Waals surface area (Å²) in [4.78, 5) is 23.6. The molecular weight excluding hydrogens is 296 g/mol. The molecule has 0 unspecified atom stereocenters. The highest BCUT2D eigenvalue weighted by molar-refractivity contribution is 5.92. The molecule has 0 radical (unpaired) electrons. The Morgan fingerprint density at radius 3 is 2.43 bits per heavy atom. The van der Waals surface area contributed by atoms with E-state index in [1.165, 1.54) is 0 Å². The van der Waals surface area contributed by atoms with Crippen molar-refractivity contribution in [3.8, 4) is 11.3 Å². The van der Waals surface area contributed by atoms with Crippen molar-refractivity contribution in [3.05, 3.63) is 42.2 Å². The van der Waals surface area contributed by atoms with Gasteiger partial charge in [-0.2, -0.15) is 0 Å². The van der Waals surface area contributed by atoms with Crippen molar-refractivity contribution in [2.24, 2.45) is 5.41 Å². The highest BCUT2D eigenvalue weighted by Gasteiger charge is 2.35. The molecule has 2 aromatic rings. The minimum atomic E-state index is -0.960. The van der Waals surface area contributed by atoms with Crippen LogP contribution >= 0.6 is 0 Å². The lowest BCUT2D eigenvalue weighted by Gasteiger charge is -2.26. The van der Waals surface area contributed by atoms with Gasteiger partial charge in [-0.1, -0.05) is 49.3 Å². The summed E-state index contributed by atoms with van der Waals surface area (Å²) in [5.74, 6) is -1.31. The van der Waals surface area contributed by atoms with Crippen LogP contribution in [0.3, 0.4) is 0 Å². The van der Waals surface area contributed by atoms with Gasteiger partial charge in [0.1, 0.15) is 5.69 Å². The van der Waals surface area contributed by atoms with E-state index >= 15 is 0 Å². The van der Waals surface area contributed by atoms with Gasteiger partial charge in [0.25, 0.3) is 5.91 Å². The third-order valence-electron chi connectivity index (χ3n) is 4.20. The molecule has 6 nitrogen and oxygen atoms in total. The number of carboxylic acid groups (broad SMARTS) is 1. The molecule has 2 N–H and O–H groups in total. The molecule has 6 heteroatoms. The maximum Gasteiger partial charge on any atom is 0.311 e. The summed E-state index contributed by atoms with van der Waals surface area (Å²) >= 11 is 0. The van der Waals surface area contributed by atoms with Gasteiger partial charge in [0.05, 0.1) is 5.41 Å². The highest BCUT2D eigenvalue weighted by atomic mass is 16.5. The molecule has 23 heavy (non-hydrogen) atoms. The molecule has 2 rings (SSSR count). The van der Waals surface area contributed by atoms with Crippen LogP contribution in [-0.4, -0.2) is 28.7 Å². The molecule has 0 aliphatic rings. The number of aromatic nitrogens is 1. The van der Waals surface area contributed by atoms with Crippen molar-refractivity contribution in [1.82, 2.24) is 10.5 Å². The van der Waals surface area contributed by atoms with Crippen LogP contribution in [0, 0.1) is 5.41 Å². The summed E-state index contributed by atoms with van der Waals surface area (Å²) < 4.78 is 5.06. The van der Waals surface area contributed by atoms with Crippen molar-refractivity contribution in [3.63, 3.8) is 0 Å². The molecule has 1 aromatic heterocycles. The fourth-order valence-electron chi connectivity index (χ4n) is 2.34. The third kappa shape index (κ3) is 3.59. The van der Waals surface area contributed by atoms with Gasteiger partial charge >= 0.3 is 5.97 Å². The quantitative estimate of drug-likeness (QED) is 0.819. The number of nitrogens with one attached hydrogen (secondary N) is 1. The lowest BCUT2D eigenvalue weighted by atomic mass is 9.82. The topological polar surface area (TPSA) is 92.4 Å². The van der Waals surface area contributed by atoms with Crippen LogP contribution in [0.25, 0.3) is 11.3 Å². The molecule has 0 fully saturated rings. The Hall–Kier alpha value is -2.63. The molecule has 0 saturated heterocycles. The van der Waals surface area contributed by atoms with Gasteiger partial charge in [-0.15, -0.1) is 0 Å². The minimum absolute atomic E-state index is 0.0511. The van der Waals surface area contributed by atoms with E-state index in [1.807, 2.05) is 30.3 Å². The fourth-order valence-corrected chi connectivity index (χ4v) is 2.34. The summed E-state index contributed by atoms with van der Waals surface area (Å²) in [7, 11) is 0. The van der Waals surface area contributed by atoms with Gasteiger partial charge in [-0.25, -0.2) is 0 Å². The second kappa shape index (κ2) is 7.09. The lowest BCUT2D eigenvalue weighted by Crippen LogP contribution is -2.42. The second-order valence-corrected chi connectivity index (χ2v) is 5.42. The number of amides is 1. The number of rotatable bonds is 7. The average Bonchev–Trinajstić information content (AvgIpc) is 3.06. The zero-order valence-electron chi connectivity index (χ0n) is 13.2. The van der Waals surface area contributed by atoms with E-state index < -0.39 is 17.3 Å². The largest absolute Gasteiger partial charge is 0.481 e. The van der Waals surface area contributed by atoms with Crippen LogP contribution in [0.5, 0.6) is 0 Å². The molecule has 0 aliphatic carbocycles. The second-order valence-electron chi connectivity index (χ2n) is 5.42. The van der Waals surface area contributed by atoms with Crippen LogP contribution < -0.4 is 5.32 Å². The number of nitrogens with zero attached hydrogens (tertiary/aromatic N) is 1. The molecule has 0 spiro atoms. The number of carbonyl (C=O) groups is 2. The minimum Gasteiger partial charge on any atom is -0.481 e. The number of carbonyl (C=O) groups excluding carboxylic acids is 1. The normalized spacial score (nSPS) is 11.2. The van der Waals surface area contributed by atoms with Crippen LogP contribution in [-0.2, 0) is 4.79 Å². The maximum atomic E-state index is 12.2. The third-order valence-corrected chi connectivity index (χ3v) is 4.20. The summed E-state index contributed by atoms with van der Waals surface area (Å²) in [6, 6.07) is 10.9. The van der Waals surface area contributed by atoms with E-state index in [4.69, 9.17) is 4.52 Å². The lowest BCUT2D eigenvalue weighted by molar-refractivity contribution is -0.149. The Morgan fingerprint density at radius 2 is 1.87 bits per heavy atom. The van der Waals surface area contributed by atoms with Gasteiger partial charge < -0.3 is 14.9 Å². The SMILES string of the molecule is CCC(CC)(CNC(=O)c1cc(-c2ccccc2)no1)C(=O)O. The first-order valence-electron chi connectivity index (χ1n) is 7.56. The maximum absolute atomic E-state index is 12.2. The smallest absolute Gasteiger partial charge is 0.311 e. The van der Waals surface area contributed by atoms with Gasteiger partial charge in [-0.3, -0.25) is 9.59 Å².